The highest BCUT2D eigenvalue weighted by Gasteiger charge is 2.71. The molecule has 0 aromatic heterocycles. The molecule has 2 N–H and O–H groups in total. The molecule has 0 aromatic rings. The van der Waals surface area contributed by atoms with Gasteiger partial charge in [0, 0.05) is 12.5 Å². The summed E-state index contributed by atoms with van der Waals surface area (Å²) in [4.78, 5) is 12.5. The molecule has 0 aromatic carbocycles. The van der Waals surface area contributed by atoms with Crippen LogP contribution in [0.1, 0.15) is 33.1 Å². The molecule has 3 aliphatic rings. The first-order chi connectivity index (χ1) is 8.68. The van der Waals surface area contributed by atoms with Gasteiger partial charge in [0.15, 0.2) is 0 Å². The Kier molecular flexibility index (Phi) is 2.70. The summed E-state index contributed by atoms with van der Waals surface area (Å²) < 4.78 is 32.3. The van der Waals surface area contributed by atoms with Crippen LogP contribution in [0.25, 0.3) is 0 Å². The van der Waals surface area contributed by atoms with Gasteiger partial charge in [-0.1, -0.05) is 13.8 Å². The molecular weight excluding hydrogens is 266 g/mol. The maximum absolute atomic E-state index is 12.5. The molecule has 0 radical (unpaired) electrons. The van der Waals surface area contributed by atoms with Gasteiger partial charge >= 0.3 is 0 Å². The molecule has 108 valence electrons. The molecule has 6 heteroatoms. The molecule has 3 fully saturated rings. The lowest BCUT2D eigenvalue weighted by molar-refractivity contribution is -0.132. The van der Waals surface area contributed by atoms with E-state index in [4.69, 9.17) is 0 Å². The zero-order chi connectivity index (χ0) is 14.1. The van der Waals surface area contributed by atoms with Crippen LogP contribution in [0.4, 0.5) is 0 Å². The number of rotatable bonds is 3. The summed E-state index contributed by atoms with van der Waals surface area (Å²) in [5.41, 5.74) is -1.24. The molecule has 0 amide bonds. The van der Waals surface area contributed by atoms with Crippen molar-refractivity contribution in [3.63, 3.8) is 0 Å². The minimum Gasteiger partial charge on any atom is -0.314 e. The summed E-state index contributed by atoms with van der Waals surface area (Å²) in [7, 11) is -4.15. The van der Waals surface area contributed by atoms with Crippen LogP contribution in [-0.2, 0) is 14.9 Å². The smallest absolute Gasteiger partial charge is 0.265 e. The Morgan fingerprint density at radius 2 is 2.05 bits per heavy atom. The molecule has 1 saturated heterocycles. The third kappa shape index (κ3) is 1.66. The topological polar surface area (TPSA) is 83.5 Å². The van der Waals surface area contributed by atoms with Crippen molar-refractivity contribution >= 4 is 15.9 Å². The van der Waals surface area contributed by atoms with E-state index in [1.54, 1.807) is 0 Å². The number of fused-ring (bicyclic) bond motifs is 2. The first-order valence-electron chi connectivity index (χ1n) is 6.90. The van der Waals surface area contributed by atoms with E-state index < -0.39 is 21.3 Å². The molecule has 2 saturated carbocycles. The van der Waals surface area contributed by atoms with Crippen LogP contribution >= 0.6 is 0 Å². The third-order valence-electron chi connectivity index (χ3n) is 6.03. The molecule has 3 unspecified atom stereocenters. The van der Waals surface area contributed by atoms with Crippen LogP contribution in [0.5, 0.6) is 0 Å². The van der Waals surface area contributed by atoms with E-state index in [2.05, 4.69) is 5.32 Å². The van der Waals surface area contributed by atoms with Gasteiger partial charge in [-0.2, -0.15) is 8.42 Å². The van der Waals surface area contributed by atoms with Crippen LogP contribution in [0, 0.1) is 22.7 Å². The fourth-order valence-electron chi connectivity index (χ4n) is 4.78. The molecule has 3 rings (SSSR count). The van der Waals surface area contributed by atoms with Crippen molar-refractivity contribution < 1.29 is 17.8 Å². The van der Waals surface area contributed by atoms with Gasteiger partial charge in [-0.05, 0) is 36.6 Å². The molecule has 4 atom stereocenters. The maximum Gasteiger partial charge on any atom is 0.265 e. The van der Waals surface area contributed by atoms with E-state index in [-0.39, 0.29) is 29.1 Å². The lowest BCUT2D eigenvalue weighted by Crippen LogP contribution is -2.58. The SMILES string of the molecule is CC1(C)C2CC(=O)C1(CS(=O)(=O)O)C([C@H]1CCN1)C2. The number of nitrogens with one attached hydrogen (secondary N) is 1. The predicted octanol–water partition coefficient (Wildman–Crippen LogP) is 0.858. The predicted molar refractivity (Wildman–Crippen MR) is 70.3 cm³/mol. The minimum absolute atomic E-state index is 0.0325. The third-order valence-corrected chi connectivity index (χ3v) is 6.85. The number of hydrogen-bond donors (Lipinski definition) is 2. The van der Waals surface area contributed by atoms with Gasteiger partial charge in [0.2, 0.25) is 0 Å². The van der Waals surface area contributed by atoms with Gasteiger partial charge in [-0.3, -0.25) is 9.35 Å². The number of carbonyl (C=O) groups is 1. The fraction of sp³-hybridized carbons (Fsp3) is 0.923. The Balaban J connectivity index is 2.07. The van der Waals surface area contributed by atoms with Crippen molar-refractivity contribution in [1.82, 2.24) is 5.32 Å². The average molecular weight is 287 g/mol. The highest BCUT2D eigenvalue weighted by molar-refractivity contribution is 7.85. The second-order valence-electron chi connectivity index (χ2n) is 6.94. The van der Waals surface area contributed by atoms with Crippen molar-refractivity contribution in [1.29, 1.82) is 0 Å². The monoisotopic (exact) mass is 287 g/mol. The standard InChI is InChI=1S/C13H21NO4S/c1-12(2)8-5-9(10-3-4-14-10)13(12,11(15)6-8)7-19(16,17)18/h8-10,14H,3-7H2,1-2H3,(H,16,17,18)/t8?,9?,10-,13?/m1/s1. The lowest BCUT2D eigenvalue weighted by Gasteiger charge is -2.46. The van der Waals surface area contributed by atoms with Crippen molar-refractivity contribution in [2.45, 2.75) is 39.2 Å². The summed E-state index contributed by atoms with van der Waals surface area (Å²) in [6, 6.07) is 0.232. The van der Waals surface area contributed by atoms with E-state index in [1.807, 2.05) is 13.8 Å². The summed E-state index contributed by atoms with van der Waals surface area (Å²) in [5, 5.41) is 3.31. The minimum atomic E-state index is -4.15. The molecule has 1 aliphatic heterocycles. The maximum atomic E-state index is 12.5. The molecule has 0 spiro atoms. The molecule has 2 bridgehead atoms. The molecular formula is C13H21NO4S. The van der Waals surface area contributed by atoms with Crippen molar-refractivity contribution in [2.75, 3.05) is 12.3 Å². The van der Waals surface area contributed by atoms with Crippen molar-refractivity contribution in [2.24, 2.45) is 22.7 Å². The Morgan fingerprint density at radius 1 is 1.42 bits per heavy atom. The van der Waals surface area contributed by atoms with Crippen LogP contribution < -0.4 is 5.32 Å². The first kappa shape index (κ1) is 13.5. The quantitative estimate of drug-likeness (QED) is 0.752. The van der Waals surface area contributed by atoms with Gasteiger partial charge < -0.3 is 5.32 Å². The van der Waals surface area contributed by atoms with Gasteiger partial charge in [-0.25, -0.2) is 0 Å². The van der Waals surface area contributed by atoms with Crippen LogP contribution in [-0.4, -0.2) is 37.1 Å². The Labute approximate surface area is 113 Å². The highest BCUT2D eigenvalue weighted by Crippen LogP contribution is 2.68. The van der Waals surface area contributed by atoms with E-state index in [0.29, 0.717) is 6.42 Å². The van der Waals surface area contributed by atoms with Gasteiger partial charge in [0.1, 0.15) is 5.78 Å². The number of hydrogen-bond acceptors (Lipinski definition) is 4. The second kappa shape index (κ2) is 3.80. The highest BCUT2D eigenvalue weighted by atomic mass is 32.2. The average Bonchev–Trinajstić information content (AvgIpc) is 2.44. The van der Waals surface area contributed by atoms with Gasteiger partial charge in [0.05, 0.1) is 11.2 Å². The van der Waals surface area contributed by atoms with E-state index in [9.17, 15) is 17.8 Å². The summed E-state index contributed by atoms with van der Waals surface area (Å²) in [6.07, 6.45) is 2.35. The Morgan fingerprint density at radius 3 is 2.47 bits per heavy atom. The number of carbonyl (C=O) groups excluding carboxylic acids is 1. The molecule has 2 aliphatic carbocycles. The zero-order valence-corrected chi connectivity index (χ0v) is 12.2. The normalized spacial score (nSPS) is 44.4. The Hall–Kier alpha value is -0.460. The van der Waals surface area contributed by atoms with E-state index >= 15 is 0 Å². The number of ketones is 1. The number of Topliss-reactive ketones (excluding diaryl/α,β-unsaturated/α-hetero) is 1. The summed E-state index contributed by atoms with van der Waals surface area (Å²) in [6.45, 7) is 4.92. The van der Waals surface area contributed by atoms with Crippen molar-refractivity contribution in [3.8, 4) is 0 Å². The van der Waals surface area contributed by atoms with E-state index in [0.717, 1.165) is 19.4 Å². The molecule has 19 heavy (non-hydrogen) atoms. The summed E-state index contributed by atoms with van der Waals surface area (Å²) >= 11 is 0. The molecule has 1 heterocycles. The largest absolute Gasteiger partial charge is 0.314 e. The van der Waals surface area contributed by atoms with Crippen LogP contribution in [0.15, 0.2) is 0 Å². The van der Waals surface area contributed by atoms with Crippen molar-refractivity contribution in [3.05, 3.63) is 0 Å². The zero-order valence-electron chi connectivity index (χ0n) is 11.3. The van der Waals surface area contributed by atoms with Gasteiger partial charge in [-0.15, -0.1) is 0 Å². The van der Waals surface area contributed by atoms with Gasteiger partial charge in [0.25, 0.3) is 10.1 Å². The lowest BCUT2D eigenvalue weighted by atomic mass is 9.63. The van der Waals surface area contributed by atoms with Crippen LogP contribution in [0.2, 0.25) is 0 Å². The van der Waals surface area contributed by atoms with E-state index in [1.165, 1.54) is 0 Å². The fourth-order valence-corrected chi connectivity index (χ4v) is 6.10. The van der Waals surface area contributed by atoms with Crippen LogP contribution in [0.3, 0.4) is 0 Å². The molecule has 5 nitrogen and oxygen atoms in total. The first-order valence-corrected chi connectivity index (χ1v) is 8.51. The Bertz CT molecular complexity index is 523. The second-order valence-corrected chi connectivity index (χ2v) is 8.39. The summed E-state index contributed by atoms with van der Waals surface area (Å²) in [5.74, 6) is -0.0887.